The second-order valence-electron chi connectivity index (χ2n) is 4.43. The normalized spacial score (nSPS) is 18.4. The number of H-pyrrole nitrogens is 1. The Morgan fingerprint density at radius 3 is 3.26 bits per heavy atom. The van der Waals surface area contributed by atoms with Gasteiger partial charge in [0.25, 0.3) is 0 Å². The van der Waals surface area contributed by atoms with Gasteiger partial charge >= 0.3 is 0 Å². The van der Waals surface area contributed by atoms with Crippen LogP contribution in [-0.2, 0) is 13.0 Å². The summed E-state index contributed by atoms with van der Waals surface area (Å²) < 4.78 is 10.3. The standard InChI is InChI=1S/C12H11N5O2/c1-2-18-5-7(1)11-16-12(19-17-11)9-3-8-10(4-13-9)15-6-14-8/h1-2,5-6,9,13H,3-4H2,(H,14,15). The van der Waals surface area contributed by atoms with Gasteiger partial charge < -0.3 is 13.9 Å². The van der Waals surface area contributed by atoms with E-state index in [1.54, 1.807) is 24.9 Å². The van der Waals surface area contributed by atoms with Crippen LogP contribution in [0.15, 0.2) is 33.9 Å². The van der Waals surface area contributed by atoms with E-state index in [0.717, 1.165) is 29.9 Å². The smallest absolute Gasteiger partial charge is 0.244 e. The SMILES string of the molecule is c1nc2c([nH]1)CNC(c1nc(-c3ccoc3)no1)C2. The van der Waals surface area contributed by atoms with E-state index in [1.807, 2.05) is 0 Å². The van der Waals surface area contributed by atoms with E-state index in [1.165, 1.54) is 0 Å². The third kappa shape index (κ3) is 1.75. The molecular weight excluding hydrogens is 246 g/mol. The van der Waals surface area contributed by atoms with E-state index in [2.05, 4.69) is 25.4 Å². The van der Waals surface area contributed by atoms with Crippen LogP contribution in [0.1, 0.15) is 23.3 Å². The second kappa shape index (κ2) is 4.06. The van der Waals surface area contributed by atoms with Crippen LogP contribution in [0.2, 0.25) is 0 Å². The first-order valence-electron chi connectivity index (χ1n) is 6.01. The molecule has 0 spiro atoms. The molecular formula is C12H11N5O2. The fraction of sp³-hybridized carbons (Fsp3) is 0.250. The van der Waals surface area contributed by atoms with Crippen molar-refractivity contribution in [1.82, 2.24) is 25.4 Å². The van der Waals surface area contributed by atoms with E-state index in [0.29, 0.717) is 11.7 Å². The number of fused-ring (bicyclic) bond motifs is 1. The number of nitrogens with zero attached hydrogens (tertiary/aromatic N) is 3. The Labute approximate surface area is 108 Å². The summed E-state index contributed by atoms with van der Waals surface area (Å²) in [6.45, 7) is 0.726. The predicted octanol–water partition coefficient (Wildman–Crippen LogP) is 1.44. The molecule has 0 fully saturated rings. The third-order valence-corrected chi connectivity index (χ3v) is 3.25. The van der Waals surface area contributed by atoms with E-state index in [4.69, 9.17) is 8.94 Å². The highest BCUT2D eigenvalue weighted by molar-refractivity contribution is 5.51. The van der Waals surface area contributed by atoms with Crippen LogP contribution in [-0.4, -0.2) is 20.1 Å². The van der Waals surface area contributed by atoms with Crippen molar-refractivity contribution in [2.75, 3.05) is 0 Å². The summed E-state index contributed by atoms with van der Waals surface area (Å²) in [7, 11) is 0. The monoisotopic (exact) mass is 257 g/mol. The van der Waals surface area contributed by atoms with Crippen molar-refractivity contribution >= 4 is 0 Å². The van der Waals surface area contributed by atoms with Crippen LogP contribution in [0.4, 0.5) is 0 Å². The first-order valence-corrected chi connectivity index (χ1v) is 6.01. The van der Waals surface area contributed by atoms with Gasteiger partial charge in [0, 0.05) is 13.0 Å². The van der Waals surface area contributed by atoms with Crippen molar-refractivity contribution in [3.8, 4) is 11.4 Å². The Morgan fingerprint density at radius 1 is 1.37 bits per heavy atom. The zero-order valence-corrected chi connectivity index (χ0v) is 9.96. The van der Waals surface area contributed by atoms with Gasteiger partial charge in [0.1, 0.15) is 6.26 Å². The number of furan rings is 1. The van der Waals surface area contributed by atoms with Crippen molar-refractivity contribution in [1.29, 1.82) is 0 Å². The van der Waals surface area contributed by atoms with Gasteiger partial charge in [-0.3, -0.25) is 5.32 Å². The minimum absolute atomic E-state index is 0.00366. The molecule has 0 bridgehead atoms. The molecule has 1 unspecified atom stereocenters. The molecule has 3 aromatic heterocycles. The van der Waals surface area contributed by atoms with Gasteiger partial charge in [-0.25, -0.2) is 4.98 Å². The molecule has 7 nitrogen and oxygen atoms in total. The lowest BCUT2D eigenvalue weighted by molar-refractivity contribution is 0.319. The predicted molar refractivity (Wildman–Crippen MR) is 63.9 cm³/mol. The Hall–Kier alpha value is -2.41. The van der Waals surface area contributed by atoms with Crippen molar-refractivity contribution in [2.45, 2.75) is 19.0 Å². The maximum absolute atomic E-state index is 5.32. The molecule has 0 amide bonds. The van der Waals surface area contributed by atoms with Gasteiger partial charge in [0.05, 0.1) is 35.6 Å². The average molecular weight is 257 g/mol. The summed E-state index contributed by atoms with van der Waals surface area (Å²) in [5, 5.41) is 7.31. The second-order valence-corrected chi connectivity index (χ2v) is 4.43. The lowest BCUT2D eigenvalue weighted by Crippen LogP contribution is -2.28. The molecule has 0 radical (unpaired) electrons. The molecule has 96 valence electrons. The van der Waals surface area contributed by atoms with Gasteiger partial charge in [-0.15, -0.1) is 0 Å². The van der Waals surface area contributed by atoms with E-state index in [-0.39, 0.29) is 6.04 Å². The maximum Gasteiger partial charge on any atom is 0.244 e. The first-order chi connectivity index (χ1) is 9.40. The highest BCUT2D eigenvalue weighted by Crippen LogP contribution is 2.24. The van der Waals surface area contributed by atoms with Crippen LogP contribution in [0, 0.1) is 0 Å². The van der Waals surface area contributed by atoms with Crippen molar-refractivity contribution in [3.05, 3.63) is 42.2 Å². The molecule has 1 aliphatic rings. The largest absolute Gasteiger partial charge is 0.472 e. The average Bonchev–Trinajstić information content (AvgIpc) is 3.18. The van der Waals surface area contributed by atoms with Crippen molar-refractivity contribution < 1.29 is 8.94 Å². The Morgan fingerprint density at radius 2 is 2.37 bits per heavy atom. The Kier molecular flexibility index (Phi) is 2.25. The Balaban J connectivity index is 1.61. The molecule has 4 heterocycles. The molecule has 19 heavy (non-hydrogen) atoms. The quantitative estimate of drug-likeness (QED) is 0.721. The molecule has 0 saturated heterocycles. The number of hydrogen-bond donors (Lipinski definition) is 2. The summed E-state index contributed by atoms with van der Waals surface area (Å²) in [4.78, 5) is 11.8. The zero-order valence-electron chi connectivity index (χ0n) is 9.96. The highest BCUT2D eigenvalue weighted by atomic mass is 16.5. The zero-order chi connectivity index (χ0) is 12.7. The molecule has 2 N–H and O–H groups in total. The lowest BCUT2D eigenvalue weighted by Gasteiger charge is -2.19. The number of aromatic nitrogens is 4. The summed E-state index contributed by atoms with van der Waals surface area (Å²) >= 11 is 0. The van der Waals surface area contributed by atoms with Gasteiger partial charge in [-0.1, -0.05) is 5.16 Å². The van der Waals surface area contributed by atoms with E-state index in [9.17, 15) is 0 Å². The van der Waals surface area contributed by atoms with Crippen LogP contribution in [0.25, 0.3) is 11.4 Å². The van der Waals surface area contributed by atoms with Gasteiger partial charge in [0.15, 0.2) is 0 Å². The van der Waals surface area contributed by atoms with E-state index < -0.39 is 0 Å². The fourth-order valence-electron chi connectivity index (χ4n) is 2.23. The highest BCUT2D eigenvalue weighted by Gasteiger charge is 2.26. The summed E-state index contributed by atoms with van der Waals surface area (Å²) in [6.07, 6.45) is 5.63. The molecule has 3 aromatic rings. The number of hydrogen-bond acceptors (Lipinski definition) is 6. The molecule has 1 atom stereocenters. The van der Waals surface area contributed by atoms with Crippen molar-refractivity contribution in [2.24, 2.45) is 0 Å². The van der Waals surface area contributed by atoms with Crippen molar-refractivity contribution in [3.63, 3.8) is 0 Å². The summed E-state index contributed by atoms with van der Waals surface area (Å²) in [5.41, 5.74) is 2.98. The number of rotatable bonds is 2. The first kappa shape index (κ1) is 10.5. The van der Waals surface area contributed by atoms with Gasteiger partial charge in [-0.2, -0.15) is 4.98 Å². The van der Waals surface area contributed by atoms with Gasteiger partial charge in [0.2, 0.25) is 11.7 Å². The molecule has 0 aliphatic carbocycles. The minimum Gasteiger partial charge on any atom is -0.472 e. The topological polar surface area (TPSA) is 92.8 Å². The number of aromatic amines is 1. The third-order valence-electron chi connectivity index (χ3n) is 3.25. The van der Waals surface area contributed by atoms with Crippen LogP contribution < -0.4 is 5.32 Å². The summed E-state index contributed by atoms with van der Waals surface area (Å²) in [6, 6.07) is 1.80. The van der Waals surface area contributed by atoms with Gasteiger partial charge in [-0.05, 0) is 6.07 Å². The maximum atomic E-state index is 5.32. The van der Waals surface area contributed by atoms with Crippen LogP contribution >= 0.6 is 0 Å². The lowest BCUT2D eigenvalue weighted by atomic mass is 10.1. The molecule has 7 heteroatoms. The van der Waals surface area contributed by atoms with Crippen LogP contribution in [0.3, 0.4) is 0 Å². The van der Waals surface area contributed by atoms with Crippen LogP contribution in [0.5, 0.6) is 0 Å². The molecule has 0 saturated carbocycles. The summed E-state index contributed by atoms with van der Waals surface area (Å²) in [5.74, 6) is 1.11. The molecule has 0 aromatic carbocycles. The Bertz CT molecular complexity index is 685. The number of imidazole rings is 1. The van der Waals surface area contributed by atoms with E-state index >= 15 is 0 Å². The molecule has 1 aliphatic heterocycles. The number of nitrogens with one attached hydrogen (secondary N) is 2. The minimum atomic E-state index is 0.00366. The fourth-order valence-corrected chi connectivity index (χ4v) is 2.23. The molecule has 4 rings (SSSR count).